The fourth-order valence-corrected chi connectivity index (χ4v) is 2.79. The zero-order valence-corrected chi connectivity index (χ0v) is 11.6. The van der Waals surface area contributed by atoms with E-state index in [0.29, 0.717) is 0 Å². The maximum atomic E-state index is 11.6. The van der Waals surface area contributed by atoms with Crippen molar-refractivity contribution < 1.29 is 9.53 Å². The zero-order valence-electron chi connectivity index (χ0n) is 11.6. The minimum Gasteiger partial charge on any atom is -0.456 e. The summed E-state index contributed by atoms with van der Waals surface area (Å²) in [5.74, 6) is 1.48. The standard InChI is InChI=1S/C18H18O2/c1-2-3-7-13-8-6-10-15-16(12-19)14-9-4-5-11-17(14)20-18(13)15/h4-6,8-12,16H,2-3,7H2,1H3. The van der Waals surface area contributed by atoms with Crippen molar-refractivity contribution in [2.45, 2.75) is 32.1 Å². The summed E-state index contributed by atoms with van der Waals surface area (Å²) in [7, 11) is 0. The second kappa shape index (κ2) is 5.49. The molecule has 1 aliphatic rings. The van der Waals surface area contributed by atoms with Crippen molar-refractivity contribution in [3.8, 4) is 11.5 Å². The highest BCUT2D eigenvalue weighted by atomic mass is 16.5. The lowest BCUT2D eigenvalue weighted by molar-refractivity contribution is -0.108. The Morgan fingerprint density at radius 1 is 1.10 bits per heavy atom. The number of aryl methyl sites for hydroxylation is 1. The molecule has 1 atom stereocenters. The van der Waals surface area contributed by atoms with Gasteiger partial charge < -0.3 is 9.53 Å². The highest BCUT2D eigenvalue weighted by molar-refractivity contribution is 5.74. The van der Waals surface area contributed by atoms with Crippen LogP contribution in [0.3, 0.4) is 0 Å². The molecule has 2 aromatic rings. The summed E-state index contributed by atoms with van der Waals surface area (Å²) in [6.07, 6.45) is 4.29. The van der Waals surface area contributed by atoms with E-state index in [1.165, 1.54) is 5.56 Å². The van der Waals surface area contributed by atoms with Gasteiger partial charge in [0.05, 0.1) is 5.92 Å². The molecule has 0 N–H and O–H groups in total. The molecular weight excluding hydrogens is 248 g/mol. The van der Waals surface area contributed by atoms with Crippen LogP contribution in [0.25, 0.3) is 0 Å². The lowest BCUT2D eigenvalue weighted by Crippen LogP contribution is -2.12. The first kappa shape index (κ1) is 12.9. The van der Waals surface area contributed by atoms with Gasteiger partial charge >= 0.3 is 0 Å². The summed E-state index contributed by atoms with van der Waals surface area (Å²) in [5.41, 5.74) is 3.15. The van der Waals surface area contributed by atoms with Gasteiger partial charge in [-0.3, -0.25) is 0 Å². The Labute approximate surface area is 119 Å². The molecule has 3 rings (SSSR count). The Morgan fingerprint density at radius 2 is 1.90 bits per heavy atom. The van der Waals surface area contributed by atoms with Crippen LogP contribution in [-0.4, -0.2) is 6.29 Å². The number of hydrogen-bond acceptors (Lipinski definition) is 2. The molecule has 1 aliphatic heterocycles. The molecule has 0 bridgehead atoms. The number of hydrogen-bond donors (Lipinski definition) is 0. The van der Waals surface area contributed by atoms with E-state index in [4.69, 9.17) is 4.74 Å². The molecule has 0 spiro atoms. The van der Waals surface area contributed by atoms with Gasteiger partial charge in [0.1, 0.15) is 17.8 Å². The van der Waals surface area contributed by atoms with Crippen molar-refractivity contribution in [2.75, 3.05) is 0 Å². The van der Waals surface area contributed by atoms with Crippen molar-refractivity contribution in [3.05, 3.63) is 59.2 Å². The average Bonchev–Trinajstić information content (AvgIpc) is 2.50. The SMILES string of the molecule is CCCCc1cccc2c1Oc1ccccc1C2C=O. The molecular formula is C18H18O2. The van der Waals surface area contributed by atoms with Crippen molar-refractivity contribution in [1.82, 2.24) is 0 Å². The van der Waals surface area contributed by atoms with Crippen LogP contribution in [0, 0.1) is 0 Å². The molecule has 0 saturated carbocycles. The number of benzene rings is 2. The Hall–Kier alpha value is -2.09. The van der Waals surface area contributed by atoms with Crippen LogP contribution in [-0.2, 0) is 11.2 Å². The molecule has 102 valence electrons. The van der Waals surface area contributed by atoms with Gasteiger partial charge in [0, 0.05) is 11.1 Å². The van der Waals surface area contributed by atoms with Crippen LogP contribution >= 0.6 is 0 Å². The lowest BCUT2D eigenvalue weighted by atomic mass is 9.87. The van der Waals surface area contributed by atoms with Crippen molar-refractivity contribution in [3.63, 3.8) is 0 Å². The molecule has 0 amide bonds. The van der Waals surface area contributed by atoms with E-state index in [1.807, 2.05) is 36.4 Å². The fraction of sp³-hybridized carbons (Fsp3) is 0.278. The first-order chi connectivity index (χ1) is 9.85. The van der Waals surface area contributed by atoms with Crippen LogP contribution in [0.4, 0.5) is 0 Å². The Balaban J connectivity index is 2.09. The predicted octanol–water partition coefficient (Wildman–Crippen LogP) is 4.47. The largest absolute Gasteiger partial charge is 0.456 e. The van der Waals surface area contributed by atoms with E-state index in [9.17, 15) is 4.79 Å². The van der Waals surface area contributed by atoms with E-state index in [0.717, 1.165) is 48.2 Å². The van der Waals surface area contributed by atoms with E-state index < -0.39 is 0 Å². The second-order valence-corrected chi connectivity index (χ2v) is 5.19. The second-order valence-electron chi connectivity index (χ2n) is 5.19. The smallest absolute Gasteiger partial charge is 0.134 e. The maximum absolute atomic E-state index is 11.6. The van der Waals surface area contributed by atoms with Crippen LogP contribution in [0.2, 0.25) is 0 Å². The van der Waals surface area contributed by atoms with Gasteiger partial charge in [0.15, 0.2) is 0 Å². The molecule has 2 nitrogen and oxygen atoms in total. The zero-order chi connectivity index (χ0) is 13.9. The van der Waals surface area contributed by atoms with Crippen molar-refractivity contribution >= 4 is 6.29 Å². The third kappa shape index (κ3) is 2.11. The number of carbonyl (C=O) groups excluding carboxylic acids is 1. The molecule has 0 radical (unpaired) electrons. The third-order valence-corrected chi connectivity index (χ3v) is 3.86. The topological polar surface area (TPSA) is 26.3 Å². The average molecular weight is 266 g/mol. The molecule has 20 heavy (non-hydrogen) atoms. The molecule has 2 aromatic carbocycles. The van der Waals surface area contributed by atoms with Crippen LogP contribution in [0.1, 0.15) is 42.4 Å². The van der Waals surface area contributed by atoms with Gasteiger partial charge in [0.2, 0.25) is 0 Å². The highest BCUT2D eigenvalue weighted by Crippen LogP contribution is 2.44. The van der Waals surface area contributed by atoms with Gasteiger partial charge in [-0.05, 0) is 24.5 Å². The van der Waals surface area contributed by atoms with E-state index >= 15 is 0 Å². The van der Waals surface area contributed by atoms with E-state index in [2.05, 4.69) is 13.0 Å². The minimum atomic E-state index is -0.212. The van der Waals surface area contributed by atoms with Gasteiger partial charge in [-0.15, -0.1) is 0 Å². The first-order valence-corrected chi connectivity index (χ1v) is 7.19. The normalized spacial score (nSPS) is 15.9. The molecule has 1 unspecified atom stereocenters. The number of rotatable bonds is 4. The minimum absolute atomic E-state index is 0.212. The summed E-state index contributed by atoms with van der Waals surface area (Å²) in [4.78, 5) is 11.6. The number of para-hydroxylation sites is 2. The molecule has 0 saturated heterocycles. The summed E-state index contributed by atoms with van der Waals surface area (Å²) < 4.78 is 6.08. The molecule has 2 heteroatoms. The number of ether oxygens (including phenoxy) is 1. The monoisotopic (exact) mass is 266 g/mol. The summed E-state index contributed by atoms with van der Waals surface area (Å²) >= 11 is 0. The summed E-state index contributed by atoms with van der Waals surface area (Å²) in [5, 5.41) is 0. The predicted molar refractivity (Wildman–Crippen MR) is 79.5 cm³/mol. The van der Waals surface area contributed by atoms with E-state index in [1.54, 1.807) is 0 Å². The highest BCUT2D eigenvalue weighted by Gasteiger charge is 2.27. The van der Waals surface area contributed by atoms with Crippen LogP contribution in [0.5, 0.6) is 11.5 Å². The Morgan fingerprint density at radius 3 is 2.70 bits per heavy atom. The maximum Gasteiger partial charge on any atom is 0.134 e. The molecule has 0 fully saturated rings. The number of aldehydes is 1. The first-order valence-electron chi connectivity index (χ1n) is 7.19. The lowest BCUT2D eigenvalue weighted by Gasteiger charge is -2.26. The summed E-state index contributed by atoms with van der Waals surface area (Å²) in [6.45, 7) is 2.18. The quantitative estimate of drug-likeness (QED) is 0.763. The molecule has 1 heterocycles. The van der Waals surface area contributed by atoms with Crippen molar-refractivity contribution in [1.29, 1.82) is 0 Å². The third-order valence-electron chi connectivity index (χ3n) is 3.86. The van der Waals surface area contributed by atoms with Gasteiger partial charge in [0.25, 0.3) is 0 Å². The number of fused-ring (bicyclic) bond motifs is 2. The number of unbranched alkanes of at least 4 members (excludes halogenated alkanes) is 1. The van der Waals surface area contributed by atoms with Crippen LogP contribution < -0.4 is 4.74 Å². The fourth-order valence-electron chi connectivity index (χ4n) is 2.79. The Kier molecular flexibility index (Phi) is 3.55. The van der Waals surface area contributed by atoms with Gasteiger partial charge in [-0.1, -0.05) is 49.7 Å². The van der Waals surface area contributed by atoms with Gasteiger partial charge in [-0.25, -0.2) is 0 Å². The van der Waals surface area contributed by atoms with Crippen LogP contribution in [0.15, 0.2) is 42.5 Å². The number of carbonyl (C=O) groups is 1. The Bertz CT molecular complexity index is 631. The molecule has 0 aliphatic carbocycles. The summed E-state index contributed by atoms with van der Waals surface area (Å²) in [6, 6.07) is 13.9. The van der Waals surface area contributed by atoms with Crippen molar-refractivity contribution in [2.24, 2.45) is 0 Å². The van der Waals surface area contributed by atoms with Gasteiger partial charge in [-0.2, -0.15) is 0 Å². The van der Waals surface area contributed by atoms with E-state index in [-0.39, 0.29) is 5.92 Å². The molecule has 0 aromatic heterocycles.